The molecule has 2 heterocycles. The summed E-state index contributed by atoms with van der Waals surface area (Å²) in [7, 11) is 0. The number of amides is 1. The molecule has 14 heavy (non-hydrogen) atoms. The van der Waals surface area contributed by atoms with Crippen molar-refractivity contribution in [2.45, 2.75) is 18.2 Å². The number of hydrogen-bond donors (Lipinski definition) is 0. The van der Waals surface area contributed by atoms with Crippen LogP contribution in [-0.2, 0) is 0 Å². The smallest absolute Gasteiger partial charge is 0.292 e. The van der Waals surface area contributed by atoms with Crippen LogP contribution in [0.1, 0.15) is 22.7 Å². The summed E-state index contributed by atoms with van der Waals surface area (Å²) in [4.78, 5) is 14.0. The van der Waals surface area contributed by atoms with Crippen molar-refractivity contribution >= 4 is 21.8 Å². The van der Waals surface area contributed by atoms with Gasteiger partial charge in [0.2, 0.25) is 5.76 Å². The molecule has 1 amide bonds. The van der Waals surface area contributed by atoms with Crippen LogP contribution in [0.25, 0.3) is 0 Å². The van der Waals surface area contributed by atoms with E-state index in [0.29, 0.717) is 10.6 Å². The van der Waals surface area contributed by atoms with Crippen LogP contribution in [0.3, 0.4) is 0 Å². The SMILES string of the molecule is Cc1cc(C(=O)N2CCC(Br)C2)on1. The van der Waals surface area contributed by atoms with E-state index in [4.69, 9.17) is 4.52 Å². The van der Waals surface area contributed by atoms with Crippen molar-refractivity contribution in [1.82, 2.24) is 10.1 Å². The standard InChI is InChI=1S/C9H11BrN2O2/c1-6-4-8(14-11-6)9(13)12-3-2-7(10)5-12/h4,7H,2-3,5H2,1H3. The first-order chi connectivity index (χ1) is 6.66. The lowest BCUT2D eigenvalue weighted by Gasteiger charge is -2.12. The van der Waals surface area contributed by atoms with Gasteiger partial charge in [0.15, 0.2) is 0 Å². The molecule has 1 aliphatic rings. The minimum absolute atomic E-state index is 0.0625. The van der Waals surface area contributed by atoms with Crippen molar-refractivity contribution in [3.05, 3.63) is 17.5 Å². The Kier molecular flexibility index (Phi) is 2.58. The number of rotatable bonds is 1. The third-order valence-corrected chi connectivity index (χ3v) is 3.00. The Morgan fingerprint density at radius 3 is 3.07 bits per heavy atom. The lowest BCUT2D eigenvalue weighted by molar-refractivity contribution is 0.0752. The number of alkyl halides is 1. The molecule has 1 fully saturated rings. The Labute approximate surface area is 90.4 Å². The molecule has 1 aromatic rings. The van der Waals surface area contributed by atoms with Crippen LogP contribution >= 0.6 is 15.9 Å². The number of carbonyl (C=O) groups is 1. The molecule has 1 aromatic heterocycles. The summed E-state index contributed by atoms with van der Waals surface area (Å²) in [6.07, 6.45) is 0.999. The summed E-state index contributed by atoms with van der Waals surface area (Å²) in [5, 5.41) is 3.69. The van der Waals surface area contributed by atoms with Crippen molar-refractivity contribution < 1.29 is 9.32 Å². The number of aryl methyl sites for hydroxylation is 1. The van der Waals surface area contributed by atoms with Gasteiger partial charge in [-0.3, -0.25) is 4.79 Å². The van der Waals surface area contributed by atoms with Crippen LogP contribution < -0.4 is 0 Å². The molecule has 0 saturated carbocycles. The van der Waals surface area contributed by atoms with Crippen LogP contribution in [0.15, 0.2) is 10.6 Å². The van der Waals surface area contributed by atoms with E-state index < -0.39 is 0 Å². The van der Waals surface area contributed by atoms with Crippen LogP contribution in [0, 0.1) is 6.92 Å². The molecule has 5 heteroatoms. The Bertz CT molecular complexity index is 350. The number of hydrogen-bond acceptors (Lipinski definition) is 3. The van der Waals surface area contributed by atoms with E-state index >= 15 is 0 Å². The van der Waals surface area contributed by atoms with Gasteiger partial charge >= 0.3 is 0 Å². The molecule has 0 aromatic carbocycles. The first-order valence-corrected chi connectivity index (χ1v) is 5.45. The van der Waals surface area contributed by atoms with Gasteiger partial charge in [-0.05, 0) is 13.3 Å². The number of aromatic nitrogens is 1. The molecule has 0 radical (unpaired) electrons. The Hall–Kier alpha value is -0.840. The van der Waals surface area contributed by atoms with Gasteiger partial charge in [-0.15, -0.1) is 0 Å². The number of halogens is 1. The highest BCUT2D eigenvalue weighted by atomic mass is 79.9. The molecule has 1 aliphatic heterocycles. The lowest BCUT2D eigenvalue weighted by atomic mass is 10.3. The maximum Gasteiger partial charge on any atom is 0.292 e. The summed E-state index contributed by atoms with van der Waals surface area (Å²) in [5.41, 5.74) is 0.739. The zero-order chi connectivity index (χ0) is 10.1. The molecule has 1 atom stereocenters. The average Bonchev–Trinajstić information content (AvgIpc) is 2.73. The maximum atomic E-state index is 11.8. The van der Waals surface area contributed by atoms with Crippen molar-refractivity contribution in [2.24, 2.45) is 0 Å². The zero-order valence-electron chi connectivity index (χ0n) is 7.86. The van der Waals surface area contributed by atoms with Crippen LogP contribution in [0.5, 0.6) is 0 Å². The maximum absolute atomic E-state index is 11.8. The molecular formula is C9H11BrN2O2. The fraction of sp³-hybridized carbons (Fsp3) is 0.556. The van der Waals surface area contributed by atoms with Gasteiger partial charge in [-0.2, -0.15) is 0 Å². The Morgan fingerprint density at radius 2 is 2.57 bits per heavy atom. The number of carbonyl (C=O) groups excluding carboxylic acids is 1. The van der Waals surface area contributed by atoms with Gasteiger partial charge in [0.1, 0.15) is 0 Å². The second-order valence-corrected chi connectivity index (χ2v) is 4.76. The average molecular weight is 259 g/mol. The number of nitrogens with zero attached hydrogens (tertiary/aromatic N) is 2. The van der Waals surface area contributed by atoms with Gasteiger partial charge in [0.05, 0.1) is 5.69 Å². The molecule has 0 spiro atoms. The molecule has 76 valence electrons. The zero-order valence-corrected chi connectivity index (χ0v) is 9.45. The van der Waals surface area contributed by atoms with E-state index in [1.807, 2.05) is 0 Å². The van der Waals surface area contributed by atoms with Gasteiger partial charge in [-0.1, -0.05) is 21.1 Å². The van der Waals surface area contributed by atoms with Gasteiger partial charge in [-0.25, -0.2) is 0 Å². The van der Waals surface area contributed by atoms with E-state index in [0.717, 1.165) is 25.2 Å². The van der Waals surface area contributed by atoms with Gasteiger partial charge in [0.25, 0.3) is 5.91 Å². The third-order valence-electron chi connectivity index (χ3n) is 2.26. The van der Waals surface area contributed by atoms with Crippen LogP contribution in [0.2, 0.25) is 0 Å². The molecule has 0 N–H and O–H groups in total. The van der Waals surface area contributed by atoms with Gasteiger partial charge < -0.3 is 9.42 Å². The number of likely N-dealkylation sites (tertiary alicyclic amines) is 1. The topological polar surface area (TPSA) is 46.3 Å². The Morgan fingerprint density at radius 1 is 1.79 bits per heavy atom. The second kappa shape index (κ2) is 3.73. The third kappa shape index (κ3) is 1.82. The van der Waals surface area contributed by atoms with Crippen LogP contribution in [0.4, 0.5) is 0 Å². The fourth-order valence-electron chi connectivity index (χ4n) is 1.52. The highest BCUT2D eigenvalue weighted by molar-refractivity contribution is 9.09. The van der Waals surface area contributed by atoms with Crippen molar-refractivity contribution in [1.29, 1.82) is 0 Å². The van der Waals surface area contributed by atoms with E-state index in [1.165, 1.54) is 0 Å². The van der Waals surface area contributed by atoms with E-state index in [-0.39, 0.29) is 5.91 Å². The summed E-state index contributed by atoms with van der Waals surface area (Å²) in [6, 6.07) is 1.67. The lowest BCUT2D eigenvalue weighted by Crippen LogP contribution is -2.28. The Balaban J connectivity index is 2.09. The molecule has 4 nitrogen and oxygen atoms in total. The molecule has 0 bridgehead atoms. The fourth-order valence-corrected chi connectivity index (χ4v) is 2.08. The summed E-state index contributed by atoms with van der Waals surface area (Å²) in [5.74, 6) is 0.275. The van der Waals surface area contributed by atoms with Crippen molar-refractivity contribution in [2.75, 3.05) is 13.1 Å². The predicted molar refractivity (Wildman–Crippen MR) is 54.5 cm³/mol. The van der Waals surface area contributed by atoms with E-state index in [9.17, 15) is 4.79 Å². The van der Waals surface area contributed by atoms with Crippen molar-refractivity contribution in [3.8, 4) is 0 Å². The van der Waals surface area contributed by atoms with E-state index in [2.05, 4.69) is 21.1 Å². The monoisotopic (exact) mass is 258 g/mol. The van der Waals surface area contributed by atoms with E-state index in [1.54, 1.807) is 17.9 Å². The molecular weight excluding hydrogens is 248 g/mol. The largest absolute Gasteiger partial charge is 0.351 e. The molecule has 1 unspecified atom stereocenters. The first-order valence-electron chi connectivity index (χ1n) is 4.53. The highest BCUT2D eigenvalue weighted by Crippen LogP contribution is 2.19. The normalized spacial score (nSPS) is 21.6. The minimum Gasteiger partial charge on any atom is -0.351 e. The summed E-state index contributed by atoms with van der Waals surface area (Å²) >= 11 is 3.48. The predicted octanol–water partition coefficient (Wildman–Crippen LogP) is 1.59. The first kappa shape index (κ1) is 9.71. The molecule has 1 saturated heterocycles. The molecule has 2 rings (SSSR count). The molecule has 0 aliphatic carbocycles. The van der Waals surface area contributed by atoms with Gasteiger partial charge in [0, 0.05) is 24.0 Å². The second-order valence-electron chi connectivity index (χ2n) is 3.47. The minimum atomic E-state index is -0.0625. The highest BCUT2D eigenvalue weighted by Gasteiger charge is 2.27. The van der Waals surface area contributed by atoms with Crippen molar-refractivity contribution in [3.63, 3.8) is 0 Å². The quantitative estimate of drug-likeness (QED) is 0.719. The summed E-state index contributed by atoms with van der Waals surface area (Å²) < 4.78 is 4.92. The van der Waals surface area contributed by atoms with Crippen LogP contribution in [-0.4, -0.2) is 33.9 Å². The summed E-state index contributed by atoms with van der Waals surface area (Å²) in [6.45, 7) is 3.34.